The first-order chi connectivity index (χ1) is 5.60. The minimum atomic E-state index is 0.346. The minimum Gasteiger partial charge on any atom is -0.383 e. The SMILES string of the molecule is CCC(C)(CC)N(C)CCOC. The molecule has 0 fully saturated rings. The molecule has 0 bridgehead atoms. The average Bonchev–Trinajstić information content (AvgIpc) is 2.12. The summed E-state index contributed by atoms with van der Waals surface area (Å²) in [7, 11) is 3.93. The summed E-state index contributed by atoms with van der Waals surface area (Å²) in [5, 5.41) is 0. The van der Waals surface area contributed by atoms with Crippen molar-refractivity contribution >= 4 is 0 Å². The molecule has 0 heterocycles. The standard InChI is InChI=1S/C10H23NO/c1-6-10(3,7-2)11(4)8-9-12-5/h6-9H2,1-5H3. The van der Waals surface area contributed by atoms with Crippen LogP contribution in [0.4, 0.5) is 0 Å². The third-order valence-corrected chi connectivity index (χ3v) is 3.08. The molecule has 74 valence electrons. The number of ether oxygens (including phenoxy) is 1. The van der Waals surface area contributed by atoms with Crippen molar-refractivity contribution in [2.45, 2.75) is 39.2 Å². The third-order valence-electron chi connectivity index (χ3n) is 3.08. The Morgan fingerprint density at radius 1 is 1.25 bits per heavy atom. The molecule has 0 saturated heterocycles. The molecule has 0 aromatic rings. The highest BCUT2D eigenvalue weighted by molar-refractivity contribution is 4.80. The van der Waals surface area contributed by atoms with E-state index in [1.807, 2.05) is 0 Å². The molecule has 0 aromatic heterocycles. The molecule has 12 heavy (non-hydrogen) atoms. The molecule has 0 aliphatic heterocycles. The molecule has 0 rings (SSSR count). The zero-order chi connectivity index (χ0) is 9.61. The normalized spacial score (nSPS) is 12.5. The summed E-state index contributed by atoms with van der Waals surface area (Å²) in [6.07, 6.45) is 2.40. The van der Waals surface area contributed by atoms with Gasteiger partial charge in [0, 0.05) is 19.2 Å². The molecule has 0 unspecified atom stereocenters. The second-order valence-electron chi connectivity index (χ2n) is 3.62. The Labute approximate surface area is 76.9 Å². The second kappa shape index (κ2) is 5.55. The highest BCUT2D eigenvalue weighted by Crippen LogP contribution is 2.20. The molecule has 2 nitrogen and oxygen atoms in total. The number of hydrogen-bond acceptors (Lipinski definition) is 2. The molecule has 2 heteroatoms. The van der Waals surface area contributed by atoms with Gasteiger partial charge in [-0.3, -0.25) is 4.90 Å². The van der Waals surface area contributed by atoms with Crippen molar-refractivity contribution in [1.82, 2.24) is 4.90 Å². The molecule has 0 saturated carbocycles. The summed E-state index contributed by atoms with van der Waals surface area (Å²) in [6.45, 7) is 8.64. The van der Waals surface area contributed by atoms with Crippen LogP contribution in [0.25, 0.3) is 0 Å². The van der Waals surface area contributed by atoms with Crippen LogP contribution < -0.4 is 0 Å². The van der Waals surface area contributed by atoms with Crippen LogP contribution in [0.1, 0.15) is 33.6 Å². The van der Waals surface area contributed by atoms with E-state index in [2.05, 4.69) is 32.7 Å². The van der Waals surface area contributed by atoms with Crippen molar-refractivity contribution < 1.29 is 4.74 Å². The molecule has 0 amide bonds. The van der Waals surface area contributed by atoms with Crippen molar-refractivity contribution in [3.8, 4) is 0 Å². The van der Waals surface area contributed by atoms with Crippen LogP contribution in [0.2, 0.25) is 0 Å². The fourth-order valence-corrected chi connectivity index (χ4v) is 1.29. The summed E-state index contributed by atoms with van der Waals surface area (Å²) in [5.41, 5.74) is 0.346. The van der Waals surface area contributed by atoms with Gasteiger partial charge in [0.1, 0.15) is 0 Å². The molecular formula is C10H23NO. The van der Waals surface area contributed by atoms with Gasteiger partial charge in [-0.05, 0) is 26.8 Å². The Morgan fingerprint density at radius 2 is 1.75 bits per heavy atom. The van der Waals surface area contributed by atoms with Gasteiger partial charge < -0.3 is 4.74 Å². The maximum atomic E-state index is 5.05. The Bertz CT molecular complexity index is 110. The number of rotatable bonds is 6. The van der Waals surface area contributed by atoms with E-state index in [1.54, 1.807) is 7.11 Å². The lowest BCUT2D eigenvalue weighted by molar-refractivity contribution is 0.0839. The minimum absolute atomic E-state index is 0.346. The zero-order valence-corrected chi connectivity index (χ0v) is 9.18. The van der Waals surface area contributed by atoms with Crippen molar-refractivity contribution in [3.63, 3.8) is 0 Å². The van der Waals surface area contributed by atoms with Crippen LogP contribution in [0.15, 0.2) is 0 Å². The van der Waals surface area contributed by atoms with Crippen molar-refractivity contribution in [3.05, 3.63) is 0 Å². The predicted molar refractivity (Wildman–Crippen MR) is 53.5 cm³/mol. The lowest BCUT2D eigenvalue weighted by Gasteiger charge is -2.37. The highest BCUT2D eigenvalue weighted by Gasteiger charge is 2.24. The van der Waals surface area contributed by atoms with E-state index in [9.17, 15) is 0 Å². The van der Waals surface area contributed by atoms with Crippen LogP contribution >= 0.6 is 0 Å². The Hall–Kier alpha value is -0.0800. The summed E-state index contributed by atoms with van der Waals surface area (Å²) in [6, 6.07) is 0. The number of likely N-dealkylation sites (N-methyl/N-ethyl adjacent to an activating group) is 1. The van der Waals surface area contributed by atoms with Crippen LogP contribution in [0.5, 0.6) is 0 Å². The highest BCUT2D eigenvalue weighted by atomic mass is 16.5. The molecule has 0 atom stereocenters. The van der Waals surface area contributed by atoms with E-state index in [1.165, 1.54) is 12.8 Å². The number of methoxy groups -OCH3 is 1. The van der Waals surface area contributed by atoms with E-state index in [0.717, 1.165) is 13.2 Å². The number of hydrogen-bond donors (Lipinski definition) is 0. The quantitative estimate of drug-likeness (QED) is 0.610. The summed E-state index contributed by atoms with van der Waals surface area (Å²) >= 11 is 0. The van der Waals surface area contributed by atoms with Crippen molar-refractivity contribution in [2.75, 3.05) is 27.3 Å². The first-order valence-electron chi connectivity index (χ1n) is 4.81. The second-order valence-corrected chi connectivity index (χ2v) is 3.62. The van der Waals surface area contributed by atoms with Crippen molar-refractivity contribution in [2.24, 2.45) is 0 Å². The Kier molecular flexibility index (Phi) is 5.51. The lowest BCUT2D eigenvalue weighted by Crippen LogP contribution is -2.44. The van der Waals surface area contributed by atoms with Crippen molar-refractivity contribution in [1.29, 1.82) is 0 Å². The molecule has 0 spiro atoms. The van der Waals surface area contributed by atoms with E-state index < -0.39 is 0 Å². The Balaban J connectivity index is 3.93. The maximum Gasteiger partial charge on any atom is 0.0589 e. The predicted octanol–water partition coefficient (Wildman–Crippen LogP) is 2.14. The van der Waals surface area contributed by atoms with Gasteiger partial charge in [-0.25, -0.2) is 0 Å². The zero-order valence-electron chi connectivity index (χ0n) is 9.18. The molecule has 0 radical (unpaired) electrons. The van der Waals surface area contributed by atoms with Crippen LogP contribution in [-0.4, -0.2) is 37.7 Å². The molecule has 0 aromatic carbocycles. The largest absolute Gasteiger partial charge is 0.383 e. The molecule has 0 aliphatic rings. The van der Waals surface area contributed by atoms with E-state index in [4.69, 9.17) is 4.74 Å². The van der Waals surface area contributed by atoms with Gasteiger partial charge >= 0.3 is 0 Å². The van der Waals surface area contributed by atoms with E-state index in [0.29, 0.717) is 5.54 Å². The van der Waals surface area contributed by atoms with Gasteiger partial charge in [-0.1, -0.05) is 13.8 Å². The summed E-state index contributed by atoms with van der Waals surface area (Å²) < 4.78 is 5.05. The van der Waals surface area contributed by atoms with Crippen LogP contribution in [-0.2, 0) is 4.74 Å². The third kappa shape index (κ3) is 3.11. The molecule has 0 N–H and O–H groups in total. The average molecular weight is 173 g/mol. The topological polar surface area (TPSA) is 12.5 Å². The van der Waals surface area contributed by atoms with Crippen LogP contribution in [0.3, 0.4) is 0 Å². The smallest absolute Gasteiger partial charge is 0.0589 e. The first-order valence-corrected chi connectivity index (χ1v) is 4.81. The van der Waals surface area contributed by atoms with Gasteiger partial charge in [0.15, 0.2) is 0 Å². The Morgan fingerprint density at radius 3 is 2.08 bits per heavy atom. The first kappa shape index (κ1) is 11.9. The fourth-order valence-electron chi connectivity index (χ4n) is 1.29. The number of nitrogens with zero attached hydrogens (tertiary/aromatic N) is 1. The molecular weight excluding hydrogens is 150 g/mol. The fraction of sp³-hybridized carbons (Fsp3) is 1.00. The van der Waals surface area contributed by atoms with E-state index in [-0.39, 0.29) is 0 Å². The van der Waals surface area contributed by atoms with E-state index >= 15 is 0 Å². The maximum absolute atomic E-state index is 5.05. The summed E-state index contributed by atoms with van der Waals surface area (Å²) in [4.78, 5) is 2.39. The van der Waals surface area contributed by atoms with Gasteiger partial charge in [-0.15, -0.1) is 0 Å². The van der Waals surface area contributed by atoms with Gasteiger partial charge in [0.2, 0.25) is 0 Å². The van der Waals surface area contributed by atoms with Gasteiger partial charge in [-0.2, -0.15) is 0 Å². The molecule has 0 aliphatic carbocycles. The van der Waals surface area contributed by atoms with Gasteiger partial charge in [0.25, 0.3) is 0 Å². The summed E-state index contributed by atoms with van der Waals surface area (Å²) in [5.74, 6) is 0. The van der Waals surface area contributed by atoms with Crippen LogP contribution in [0, 0.1) is 0 Å². The lowest BCUT2D eigenvalue weighted by atomic mass is 9.94. The van der Waals surface area contributed by atoms with Gasteiger partial charge in [0.05, 0.1) is 6.61 Å². The monoisotopic (exact) mass is 173 g/mol.